The minimum absolute atomic E-state index is 0.0487. The Morgan fingerprint density at radius 3 is 2.64 bits per heavy atom. The number of ether oxygens (including phenoxy) is 2. The van der Waals surface area contributed by atoms with E-state index in [0.717, 1.165) is 23.4 Å². The van der Waals surface area contributed by atoms with Gasteiger partial charge in [-0.3, -0.25) is 19.6 Å². The average molecular weight is 489 g/mol. The fraction of sp³-hybridized carbons (Fsp3) is 0.357. The first-order chi connectivity index (χ1) is 17.6. The van der Waals surface area contributed by atoms with Crippen molar-refractivity contribution in [2.24, 2.45) is 0 Å². The SMILES string of the molecule is COc1cccc(CO[C@@H]2CN(CCc3ccccc3)C(=O)CN(C(=O)CCc3cnccn3)C2)c1. The van der Waals surface area contributed by atoms with Gasteiger partial charge in [0, 0.05) is 44.6 Å². The van der Waals surface area contributed by atoms with Crippen molar-refractivity contribution < 1.29 is 19.1 Å². The molecule has 188 valence electrons. The van der Waals surface area contributed by atoms with Gasteiger partial charge in [-0.05, 0) is 36.1 Å². The third-order valence-electron chi connectivity index (χ3n) is 6.22. The van der Waals surface area contributed by atoms with Crippen molar-refractivity contribution in [1.82, 2.24) is 19.8 Å². The molecule has 0 unspecified atom stereocenters. The van der Waals surface area contributed by atoms with Crippen molar-refractivity contribution in [3.63, 3.8) is 0 Å². The lowest BCUT2D eigenvalue weighted by Gasteiger charge is -2.25. The van der Waals surface area contributed by atoms with Crippen LogP contribution in [-0.4, -0.2) is 71.0 Å². The predicted octanol–water partition coefficient (Wildman–Crippen LogP) is 2.92. The van der Waals surface area contributed by atoms with E-state index in [4.69, 9.17) is 9.47 Å². The first-order valence-electron chi connectivity index (χ1n) is 12.2. The second-order valence-corrected chi connectivity index (χ2v) is 8.83. The third-order valence-corrected chi connectivity index (χ3v) is 6.22. The Morgan fingerprint density at radius 1 is 1.03 bits per heavy atom. The van der Waals surface area contributed by atoms with Crippen molar-refractivity contribution in [1.29, 1.82) is 0 Å². The minimum Gasteiger partial charge on any atom is -0.497 e. The Bertz CT molecular complexity index is 1130. The molecule has 36 heavy (non-hydrogen) atoms. The van der Waals surface area contributed by atoms with Gasteiger partial charge >= 0.3 is 0 Å². The van der Waals surface area contributed by atoms with Crippen LogP contribution in [0.25, 0.3) is 0 Å². The molecule has 1 saturated heterocycles. The Labute approximate surface area is 211 Å². The normalized spacial score (nSPS) is 16.0. The van der Waals surface area contributed by atoms with Crippen LogP contribution in [0.1, 0.15) is 23.2 Å². The second kappa shape index (κ2) is 12.8. The largest absolute Gasteiger partial charge is 0.497 e. The molecular weight excluding hydrogens is 456 g/mol. The summed E-state index contributed by atoms with van der Waals surface area (Å²) in [4.78, 5) is 38.0. The molecule has 0 aliphatic carbocycles. The second-order valence-electron chi connectivity index (χ2n) is 8.83. The van der Waals surface area contributed by atoms with Crippen molar-refractivity contribution in [3.8, 4) is 5.75 Å². The molecule has 0 N–H and O–H groups in total. The number of aromatic nitrogens is 2. The zero-order chi connectivity index (χ0) is 25.2. The van der Waals surface area contributed by atoms with Crippen LogP contribution in [0.15, 0.2) is 73.2 Å². The smallest absolute Gasteiger partial charge is 0.242 e. The maximum Gasteiger partial charge on any atom is 0.242 e. The van der Waals surface area contributed by atoms with Gasteiger partial charge in [0.1, 0.15) is 5.75 Å². The van der Waals surface area contributed by atoms with Gasteiger partial charge in [0.05, 0.1) is 32.1 Å². The topological polar surface area (TPSA) is 84.9 Å². The Balaban J connectivity index is 1.43. The van der Waals surface area contributed by atoms with Gasteiger partial charge in [0.2, 0.25) is 11.8 Å². The molecule has 1 aliphatic heterocycles. The number of aryl methyl sites for hydroxylation is 1. The summed E-state index contributed by atoms with van der Waals surface area (Å²) >= 11 is 0. The molecule has 0 radical (unpaired) electrons. The highest BCUT2D eigenvalue weighted by molar-refractivity contribution is 5.85. The maximum atomic E-state index is 13.2. The number of carbonyl (C=O) groups excluding carboxylic acids is 2. The first-order valence-corrected chi connectivity index (χ1v) is 12.2. The van der Waals surface area contributed by atoms with Crippen molar-refractivity contribution in [2.75, 3.05) is 33.3 Å². The summed E-state index contributed by atoms with van der Waals surface area (Å²) in [5.41, 5.74) is 2.89. The highest BCUT2D eigenvalue weighted by Gasteiger charge is 2.30. The summed E-state index contributed by atoms with van der Waals surface area (Å²) in [5.74, 6) is 0.609. The highest BCUT2D eigenvalue weighted by Crippen LogP contribution is 2.17. The Kier molecular flexibility index (Phi) is 8.99. The molecule has 8 nitrogen and oxygen atoms in total. The van der Waals surface area contributed by atoms with Crippen LogP contribution in [0.2, 0.25) is 0 Å². The summed E-state index contributed by atoms with van der Waals surface area (Å²) in [6.45, 7) is 1.78. The number of hydrogen-bond donors (Lipinski definition) is 0. The van der Waals surface area contributed by atoms with E-state index in [1.54, 1.807) is 30.6 Å². The third kappa shape index (κ3) is 7.36. The molecule has 0 spiro atoms. The lowest BCUT2D eigenvalue weighted by molar-refractivity contribution is -0.138. The molecule has 2 aromatic carbocycles. The summed E-state index contributed by atoms with van der Waals surface area (Å²) in [6.07, 6.45) is 6.05. The number of carbonyl (C=O) groups is 2. The van der Waals surface area contributed by atoms with Crippen LogP contribution in [0.5, 0.6) is 5.75 Å². The van der Waals surface area contributed by atoms with E-state index in [1.807, 2.05) is 47.4 Å². The van der Waals surface area contributed by atoms with E-state index in [1.165, 1.54) is 5.56 Å². The van der Waals surface area contributed by atoms with Crippen LogP contribution >= 0.6 is 0 Å². The van der Waals surface area contributed by atoms with E-state index in [9.17, 15) is 9.59 Å². The molecule has 0 saturated carbocycles. The van der Waals surface area contributed by atoms with E-state index in [2.05, 4.69) is 22.1 Å². The lowest BCUT2D eigenvalue weighted by atomic mass is 10.1. The van der Waals surface area contributed by atoms with Crippen LogP contribution < -0.4 is 4.74 Å². The summed E-state index contributed by atoms with van der Waals surface area (Å²) in [6, 6.07) is 17.8. The number of amides is 2. The van der Waals surface area contributed by atoms with Gasteiger partial charge in [-0.15, -0.1) is 0 Å². The van der Waals surface area contributed by atoms with Crippen LogP contribution in [0.4, 0.5) is 0 Å². The molecule has 2 heterocycles. The summed E-state index contributed by atoms with van der Waals surface area (Å²) in [7, 11) is 1.63. The minimum atomic E-state index is -0.307. The number of hydrogen-bond acceptors (Lipinski definition) is 6. The maximum absolute atomic E-state index is 13.2. The Morgan fingerprint density at radius 2 is 1.86 bits per heavy atom. The molecule has 4 rings (SSSR count). The predicted molar refractivity (Wildman–Crippen MR) is 135 cm³/mol. The fourth-order valence-corrected chi connectivity index (χ4v) is 4.23. The van der Waals surface area contributed by atoms with Gasteiger partial charge < -0.3 is 19.3 Å². The molecule has 1 aromatic heterocycles. The van der Waals surface area contributed by atoms with Gasteiger partial charge in [-0.1, -0.05) is 42.5 Å². The first kappa shape index (κ1) is 25.3. The van der Waals surface area contributed by atoms with Crippen LogP contribution in [0.3, 0.4) is 0 Å². The molecule has 1 atom stereocenters. The van der Waals surface area contributed by atoms with Crippen molar-refractivity contribution >= 4 is 11.8 Å². The molecule has 8 heteroatoms. The quantitative estimate of drug-likeness (QED) is 0.436. The fourth-order valence-electron chi connectivity index (χ4n) is 4.23. The van der Waals surface area contributed by atoms with Gasteiger partial charge in [-0.2, -0.15) is 0 Å². The highest BCUT2D eigenvalue weighted by atomic mass is 16.5. The Hall–Kier alpha value is -3.78. The van der Waals surface area contributed by atoms with Crippen molar-refractivity contribution in [3.05, 3.63) is 90.0 Å². The standard InChI is InChI=1S/C28H32N4O4/c1-35-25-9-5-8-23(16-25)21-36-26-18-31(15-12-22-6-3-2-4-7-22)28(34)20-32(19-26)27(33)11-10-24-17-29-13-14-30-24/h2-9,13-14,16-17,26H,10-12,15,18-21H2,1H3/t26-/m1/s1. The molecule has 0 bridgehead atoms. The molecule has 3 aromatic rings. The number of benzene rings is 2. The van der Waals surface area contributed by atoms with E-state index in [0.29, 0.717) is 32.7 Å². The zero-order valence-electron chi connectivity index (χ0n) is 20.6. The monoisotopic (exact) mass is 488 g/mol. The average Bonchev–Trinajstić information content (AvgIpc) is 3.09. The van der Waals surface area contributed by atoms with E-state index < -0.39 is 0 Å². The lowest BCUT2D eigenvalue weighted by Crippen LogP contribution is -2.40. The number of rotatable bonds is 10. The van der Waals surface area contributed by atoms with Crippen molar-refractivity contribution in [2.45, 2.75) is 32.0 Å². The van der Waals surface area contributed by atoms with Crippen LogP contribution in [-0.2, 0) is 33.8 Å². The molecule has 1 aliphatic rings. The van der Waals surface area contributed by atoms with Gasteiger partial charge in [0.25, 0.3) is 0 Å². The van der Waals surface area contributed by atoms with Gasteiger partial charge in [-0.25, -0.2) is 0 Å². The summed E-state index contributed by atoms with van der Waals surface area (Å²) in [5, 5.41) is 0. The summed E-state index contributed by atoms with van der Waals surface area (Å²) < 4.78 is 11.6. The number of nitrogens with zero attached hydrogens (tertiary/aromatic N) is 4. The van der Waals surface area contributed by atoms with Gasteiger partial charge in [0.15, 0.2) is 0 Å². The molecule has 2 amide bonds. The molecule has 1 fully saturated rings. The van der Waals surface area contributed by atoms with E-state index in [-0.39, 0.29) is 30.9 Å². The molecular formula is C28H32N4O4. The zero-order valence-corrected chi connectivity index (χ0v) is 20.6. The number of methoxy groups -OCH3 is 1. The van der Waals surface area contributed by atoms with Crippen LogP contribution in [0, 0.1) is 0 Å². The van der Waals surface area contributed by atoms with E-state index >= 15 is 0 Å².